The third kappa shape index (κ3) is 6.62. The maximum atomic E-state index is 15.0. The van der Waals surface area contributed by atoms with Crippen molar-refractivity contribution in [2.45, 2.75) is 66.0 Å². The lowest BCUT2D eigenvalue weighted by molar-refractivity contribution is 0.231. The second-order valence-electron chi connectivity index (χ2n) is 11.4. The first kappa shape index (κ1) is 31.5. The average molecular weight is 611 g/mol. The van der Waals surface area contributed by atoms with Crippen LogP contribution in [0.4, 0.5) is 14.6 Å². The Morgan fingerprint density at radius 1 is 1.02 bits per heavy atom. The molecule has 2 N–H and O–H groups in total. The highest BCUT2D eigenvalue weighted by atomic mass is 19.1. The standard InChI is InChI=1S/C36H36F2N4O3/c1-6-7-13-27-32(33(39)24-15-16-28(26(38)18-24)44-20(2)3)36(41-19-40-27)42-22(5)35-30(23-11-8-10-21(4)17-23)34(43)31-25(37)12-9-14-29(31)45-35/h8-12,14-20,22,39H,6-7,13H2,1-5H3,(H,40,41,42). The molecule has 2 heterocycles. The van der Waals surface area contributed by atoms with E-state index in [-0.39, 0.29) is 39.9 Å². The van der Waals surface area contributed by atoms with Crippen molar-refractivity contribution in [3.05, 3.63) is 117 Å². The van der Waals surface area contributed by atoms with Gasteiger partial charge < -0.3 is 14.5 Å². The summed E-state index contributed by atoms with van der Waals surface area (Å²) in [4.78, 5) is 22.9. The van der Waals surface area contributed by atoms with Gasteiger partial charge in [-0.3, -0.25) is 10.2 Å². The highest BCUT2D eigenvalue weighted by molar-refractivity contribution is 6.14. The molecule has 0 bridgehead atoms. The van der Waals surface area contributed by atoms with Crippen LogP contribution < -0.4 is 15.5 Å². The third-order valence-corrected chi connectivity index (χ3v) is 7.48. The quantitative estimate of drug-likeness (QED) is 0.145. The molecule has 0 fully saturated rings. The predicted molar refractivity (Wildman–Crippen MR) is 173 cm³/mol. The highest BCUT2D eigenvalue weighted by Crippen LogP contribution is 2.33. The molecule has 7 nitrogen and oxygen atoms in total. The van der Waals surface area contributed by atoms with Crippen molar-refractivity contribution in [3.63, 3.8) is 0 Å². The van der Waals surface area contributed by atoms with Crippen molar-refractivity contribution in [2.24, 2.45) is 0 Å². The van der Waals surface area contributed by atoms with Crippen molar-refractivity contribution >= 4 is 22.5 Å². The van der Waals surface area contributed by atoms with Crippen molar-refractivity contribution in [3.8, 4) is 16.9 Å². The fourth-order valence-electron chi connectivity index (χ4n) is 5.34. The van der Waals surface area contributed by atoms with Gasteiger partial charge in [-0.05, 0) is 76.4 Å². The van der Waals surface area contributed by atoms with Crippen LogP contribution in [-0.2, 0) is 6.42 Å². The minimum Gasteiger partial charge on any atom is -0.488 e. The first-order valence-corrected chi connectivity index (χ1v) is 15.1. The molecule has 2 aromatic heterocycles. The van der Waals surface area contributed by atoms with Gasteiger partial charge in [-0.1, -0.05) is 49.2 Å². The number of rotatable bonds is 11. The molecule has 0 saturated carbocycles. The summed E-state index contributed by atoms with van der Waals surface area (Å²) in [5.41, 5.74) is 2.81. The number of ether oxygens (including phenoxy) is 1. The van der Waals surface area contributed by atoms with E-state index in [0.29, 0.717) is 34.6 Å². The zero-order chi connectivity index (χ0) is 32.2. The number of nitrogens with one attached hydrogen (secondary N) is 2. The molecule has 5 rings (SSSR count). The van der Waals surface area contributed by atoms with Gasteiger partial charge in [0.1, 0.15) is 34.7 Å². The molecule has 5 aromatic rings. The van der Waals surface area contributed by atoms with Crippen molar-refractivity contribution in [1.82, 2.24) is 9.97 Å². The van der Waals surface area contributed by atoms with E-state index in [1.165, 1.54) is 30.6 Å². The zero-order valence-corrected chi connectivity index (χ0v) is 26.0. The van der Waals surface area contributed by atoms with E-state index < -0.39 is 23.1 Å². The molecular weight excluding hydrogens is 574 g/mol. The van der Waals surface area contributed by atoms with Crippen molar-refractivity contribution < 1.29 is 17.9 Å². The summed E-state index contributed by atoms with van der Waals surface area (Å²) in [5.74, 6) is -0.513. The van der Waals surface area contributed by atoms with Crippen LogP contribution in [0.15, 0.2) is 76.2 Å². The van der Waals surface area contributed by atoms with Gasteiger partial charge in [-0.25, -0.2) is 18.7 Å². The first-order valence-electron chi connectivity index (χ1n) is 15.1. The molecule has 45 heavy (non-hydrogen) atoms. The zero-order valence-electron chi connectivity index (χ0n) is 26.0. The number of halogens is 2. The van der Waals surface area contributed by atoms with Crippen molar-refractivity contribution in [2.75, 3.05) is 5.32 Å². The van der Waals surface area contributed by atoms with Crippen LogP contribution >= 0.6 is 0 Å². The fourth-order valence-corrected chi connectivity index (χ4v) is 5.34. The number of aryl methyl sites for hydroxylation is 2. The van der Waals surface area contributed by atoms with Gasteiger partial charge in [-0.2, -0.15) is 0 Å². The fraction of sp³-hybridized carbons (Fsp3) is 0.278. The SMILES string of the molecule is CCCCc1ncnc(NC(C)c2oc3cccc(F)c3c(=O)c2-c2cccc(C)c2)c1C(=N)c1ccc(OC(C)C)c(F)c1. The summed E-state index contributed by atoms with van der Waals surface area (Å²) in [6.07, 6.45) is 3.52. The largest absolute Gasteiger partial charge is 0.488 e. The van der Waals surface area contributed by atoms with Crippen LogP contribution in [-0.4, -0.2) is 21.8 Å². The minimum absolute atomic E-state index is 0.0346. The summed E-state index contributed by atoms with van der Waals surface area (Å²) in [6.45, 7) is 9.41. The molecule has 0 aliphatic carbocycles. The maximum Gasteiger partial charge on any atom is 0.203 e. The topological polar surface area (TPSA) is 101 Å². The molecule has 1 atom stereocenters. The molecule has 0 saturated heterocycles. The Labute approximate surface area is 260 Å². The van der Waals surface area contributed by atoms with Gasteiger partial charge in [0.15, 0.2) is 11.6 Å². The van der Waals surface area contributed by atoms with E-state index >= 15 is 4.39 Å². The predicted octanol–water partition coefficient (Wildman–Crippen LogP) is 8.56. The second-order valence-corrected chi connectivity index (χ2v) is 11.4. The lowest BCUT2D eigenvalue weighted by Crippen LogP contribution is -2.19. The molecule has 9 heteroatoms. The Bertz CT molecular complexity index is 1940. The van der Waals surface area contributed by atoms with Crippen LogP contribution in [0.3, 0.4) is 0 Å². The number of anilines is 1. The summed E-state index contributed by atoms with van der Waals surface area (Å²) in [6, 6.07) is 15.5. The Hall–Kier alpha value is -4.92. The summed E-state index contributed by atoms with van der Waals surface area (Å²) in [7, 11) is 0. The summed E-state index contributed by atoms with van der Waals surface area (Å²) >= 11 is 0. The molecule has 1 unspecified atom stereocenters. The lowest BCUT2D eigenvalue weighted by atomic mass is 9.96. The maximum absolute atomic E-state index is 15.0. The van der Waals surface area contributed by atoms with E-state index in [1.807, 2.05) is 45.9 Å². The van der Waals surface area contributed by atoms with Crippen molar-refractivity contribution in [1.29, 1.82) is 5.41 Å². The summed E-state index contributed by atoms with van der Waals surface area (Å²) in [5, 5.41) is 12.4. The summed E-state index contributed by atoms with van der Waals surface area (Å²) < 4.78 is 41.7. The smallest absolute Gasteiger partial charge is 0.203 e. The lowest BCUT2D eigenvalue weighted by Gasteiger charge is -2.21. The van der Waals surface area contributed by atoms with Gasteiger partial charge >= 0.3 is 0 Å². The van der Waals surface area contributed by atoms with Crippen LogP contribution in [0, 0.1) is 24.0 Å². The average Bonchev–Trinajstić information content (AvgIpc) is 3.00. The van der Waals surface area contributed by atoms with Crippen LogP contribution in [0.5, 0.6) is 5.75 Å². The monoisotopic (exact) mass is 610 g/mol. The van der Waals surface area contributed by atoms with Crippen LogP contribution in [0.1, 0.15) is 74.7 Å². The Kier molecular flexibility index (Phi) is 9.37. The third-order valence-electron chi connectivity index (χ3n) is 7.48. The Balaban J connectivity index is 1.63. The second kappa shape index (κ2) is 13.4. The van der Waals surface area contributed by atoms with Crippen LogP contribution in [0.2, 0.25) is 0 Å². The van der Waals surface area contributed by atoms with Gasteiger partial charge in [0.25, 0.3) is 0 Å². The number of nitrogens with zero attached hydrogens (tertiary/aromatic N) is 2. The van der Waals surface area contributed by atoms with Gasteiger partial charge in [-0.15, -0.1) is 0 Å². The van der Waals surface area contributed by atoms with E-state index in [9.17, 15) is 9.18 Å². The molecule has 0 amide bonds. The number of benzene rings is 3. The number of unbranched alkanes of at least 4 members (excludes halogenated alkanes) is 1. The molecule has 0 aliphatic rings. The van der Waals surface area contributed by atoms with Gasteiger partial charge in [0, 0.05) is 5.56 Å². The molecule has 0 radical (unpaired) electrons. The molecule has 0 spiro atoms. The Morgan fingerprint density at radius 3 is 2.51 bits per heavy atom. The molecular formula is C36H36F2N4O3. The van der Waals surface area contributed by atoms with Crippen LogP contribution in [0.25, 0.3) is 22.1 Å². The van der Waals surface area contributed by atoms with E-state index in [4.69, 9.17) is 14.6 Å². The number of hydrogen-bond donors (Lipinski definition) is 2. The molecule has 3 aromatic carbocycles. The molecule has 0 aliphatic heterocycles. The normalized spacial score (nSPS) is 12.0. The van der Waals surface area contributed by atoms with Gasteiger partial charge in [0.05, 0.1) is 34.7 Å². The van der Waals surface area contributed by atoms with E-state index in [2.05, 4.69) is 22.2 Å². The number of fused-ring (bicyclic) bond motifs is 1. The Morgan fingerprint density at radius 2 is 1.80 bits per heavy atom. The minimum atomic E-state index is -0.661. The molecule has 232 valence electrons. The van der Waals surface area contributed by atoms with E-state index in [1.54, 1.807) is 18.2 Å². The van der Waals surface area contributed by atoms with E-state index in [0.717, 1.165) is 18.4 Å². The first-order chi connectivity index (χ1) is 21.6. The van der Waals surface area contributed by atoms with Gasteiger partial charge in [0.2, 0.25) is 5.43 Å². The number of aromatic nitrogens is 2. The highest BCUT2D eigenvalue weighted by Gasteiger charge is 2.26. The number of hydrogen-bond acceptors (Lipinski definition) is 7.